The smallest absolute Gasteiger partial charge is 0.462 e. The molecule has 492 valence electrons. The first-order valence-corrected chi connectivity index (χ1v) is 36.2. The molecule has 0 amide bonds. The average molecular weight is 1230 g/mol. The fourth-order valence-corrected chi connectivity index (χ4v) is 11.0. The molecule has 0 spiro atoms. The molecule has 0 heterocycles. The van der Waals surface area contributed by atoms with E-state index in [0.29, 0.717) is 37.5 Å². The van der Waals surface area contributed by atoms with E-state index in [9.17, 15) is 43.2 Å². The van der Waals surface area contributed by atoms with Gasteiger partial charge in [-0.2, -0.15) is 0 Å². The van der Waals surface area contributed by atoms with Crippen molar-refractivity contribution in [1.82, 2.24) is 0 Å². The number of carbonyl (C=O) groups is 4. The Morgan fingerprint density at radius 1 is 0.301 bits per heavy atom. The van der Waals surface area contributed by atoms with Gasteiger partial charge in [-0.25, -0.2) is 9.13 Å². The van der Waals surface area contributed by atoms with Crippen molar-refractivity contribution >= 4 is 39.5 Å². The highest BCUT2D eigenvalue weighted by Crippen LogP contribution is 2.45. The summed E-state index contributed by atoms with van der Waals surface area (Å²) < 4.78 is 67.9. The van der Waals surface area contributed by atoms with Crippen LogP contribution in [0.2, 0.25) is 0 Å². The molecular weight excluding hydrogens is 1100 g/mol. The largest absolute Gasteiger partial charge is 0.472 e. The van der Waals surface area contributed by atoms with E-state index in [4.69, 9.17) is 37.0 Å². The summed E-state index contributed by atoms with van der Waals surface area (Å²) in [6, 6.07) is 0. The van der Waals surface area contributed by atoms with Gasteiger partial charge in [-0.15, -0.1) is 0 Å². The van der Waals surface area contributed by atoms with E-state index < -0.39 is 97.5 Å². The molecule has 3 unspecified atom stereocenters. The second-order valence-corrected chi connectivity index (χ2v) is 28.0. The van der Waals surface area contributed by atoms with Crippen molar-refractivity contribution in [3.05, 3.63) is 0 Å². The number of ether oxygens (including phenoxy) is 4. The van der Waals surface area contributed by atoms with E-state index in [1.807, 2.05) is 0 Å². The zero-order valence-electron chi connectivity index (χ0n) is 53.8. The molecule has 0 saturated carbocycles. The fraction of sp³-hybridized carbons (Fsp3) is 0.938. The number of phosphoric ester groups is 2. The van der Waals surface area contributed by atoms with Crippen LogP contribution in [0.3, 0.4) is 0 Å². The zero-order valence-corrected chi connectivity index (χ0v) is 55.6. The lowest BCUT2D eigenvalue weighted by atomic mass is 10.0. The molecular formula is C64H124O17P2. The van der Waals surface area contributed by atoms with Crippen molar-refractivity contribution in [2.24, 2.45) is 23.7 Å². The maximum atomic E-state index is 13.0. The van der Waals surface area contributed by atoms with Crippen molar-refractivity contribution in [3.8, 4) is 0 Å². The number of aliphatic hydroxyl groups excluding tert-OH is 1. The molecule has 17 nitrogen and oxygen atoms in total. The van der Waals surface area contributed by atoms with Gasteiger partial charge in [-0.3, -0.25) is 37.3 Å². The van der Waals surface area contributed by atoms with Crippen LogP contribution in [0.15, 0.2) is 0 Å². The van der Waals surface area contributed by atoms with Gasteiger partial charge in [0.1, 0.15) is 19.3 Å². The van der Waals surface area contributed by atoms with E-state index in [1.165, 1.54) is 109 Å². The van der Waals surface area contributed by atoms with Gasteiger partial charge in [0.05, 0.1) is 26.4 Å². The van der Waals surface area contributed by atoms with Gasteiger partial charge < -0.3 is 33.8 Å². The van der Waals surface area contributed by atoms with Crippen molar-refractivity contribution in [2.75, 3.05) is 39.6 Å². The Morgan fingerprint density at radius 2 is 0.506 bits per heavy atom. The van der Waals surface area contributed by atoms with Crippen molar-refractivity contribution in [1.29, 1.82) is 0 Å². The molecule has 0 aromatic rings. The van der Waals surface area contributed by atoms with Gasteiger partial charge in [-0.1, -0.05) is 254 Å². The minimum absolute atomic E-state index is 0.101. The summed E-state index contributed by atoms with van der Waals surface area (Å²) in [4.78, 5) is 72.2. The van der Waals surface area contributed by atoms with E-state index in [2.05, 4.69) is 55.4 Å². The molecule has 0 aliphatic carbocycles. The van der Waals surface area contributed by atoms with Gasteiger partial charge in [0, 0.05) is 25.7 Å². The summed E-state index contributed by atoms with van der Waals surface area (Å²) in [5.74, 6) is 0.706. The van der Waals surface area contributed by atoms with E-state index in [-0.39, 0.29) is 25.7 Å². The fourth-order valence-electron chi connectivity index (χ4n) is 9.43. The van der Waals surface area contributed by atoms with Crippen LogP contribution in [-0.4, -0.2) is 96.7 Å². The number of phosphoric acid groups is 2. The van der Waals surface area contributed by atoms with Gasteiger partial charge >= 0.3 is 39.5 Å². The summed E-state index contributed by atoms with van der Waals surface area (Å²) in [5.41, 5.74) is 0. The molecule has 83 heavy (non-hydrogen) atoms. The SMILES string of the molecule is CC(C)CCCCCCCCCCCCC(=O)OC[C@H](COP(=O)(O)OCC(O)COP(=O)(O)OC[C@@H](COC(=O)CCCCCCCCCCC(C)C)OC(=O)CCCCCCCCC(C)C)OC(=O)CCCCCCCCCC(C)C. The number of unbranched alkanes of at least 4 members (excludes halogenated alkanes) is 27. The predicted octanol–water partition coefficient (Wildman–Crippen LogP) is 17.4. The van der Waals surface area contributed by atoms with Crippen molar-refractivity contribution in [3.63, 3.8) is 0 Å². The molecule has 0 rings (SSSR count). The van der Waals surface area contributed by atoms with Gasteiger partial charge in [0.2, 0.25) is 0 Å². The number of rotatable bonds is 61. The Bertz CT molecular complexity index is 1660. The molecule has 3 N–H and O–H groups in total. The molecule has 0 saturated heterocycles. The summed E-state index contributed by atoms with van der Waals surface area (Å²) in [6.45, 7) is 13.9. The second kappa shape index (κ2) is 54.2. The summed E-state index contributed by atoms with van der Waals surface area (Å²) >= 11 is 0. The minimum Gasteiger partial charge on any atom is -0.462 e. The van der Waals surface area contributed by atoms with Crippen molar-refractivity contribution in [2.45, 2.75) is 324 Å². The average Bonchev–Trinajstić information content (AvgIpc) is 3.44. The van der Waals surface area contributed by atoms with Crippen LogP contribution >= 0.6 is 15.6 Å². The summed E-state index contributed by atoms with van der Waals surface area (Å²) in [6.07, 6.45) is 33.8. The van der Waals surface area contributed by atoms with Crippen LogP contribution in [0.1, 0.15) is 306 Å². The van der Waals surface area contributed by atoms with Crippen LogP contribution < -0.4 is 0 Å². The highest BCUT2D eigenvalue weighted by Gasteiger charge is 2.30. The van der Waals surface area contributed by atoms with E-state index >= 15 is 0 Å². The maximum Gasteiger partial charge on any atom is 0.472 e. The summed E-state index contributed by atoms with van der Waals surface area (Å²) in [5, 5.41) is 10.5. The zero-order chi connectivity index (χ0) is 61.8. The van der Waals surface area contributed by atoms with Gasteiger partial charge in [0.25, 0.3) is 0 Å². The Labute approximate surface area is 505 Å². The van der Waals surface area contributed by atoms with Crippen LogP contribution in [-0.2, 0) is 65.4 Å². The van der Waals surface area contributed by atoms with E-state index in [0.717, 1.165) is 102 Å². The number of hydrogen-bond donors (Lipinski definition) is 3. The first kappa shape index (κ1) is 81.1. The number of carbonyl (C=O) groups excluding carboxylic acids is 4. The lowest BCUT2D eigenvalue weighted by molar-refractivity contribution is -0.161. The molecule has 5 atom stereocenters. The first-order valence-electron chi connectivity index (χ1n) is 33.2. The van der Waals surface area contributed by atoms with Gasteiger partial charge in [0.15, 0.2) is 12.2 Å². The monoisotopic (exact) mass is 1230 g/mol. The van der Waals surface area contributed by atoms with Crippen LogP contribution in [0, 0.1) is 23.7 Å². The molecule has 0 radical (unpaired) electrons. The molecule has 0 bridgehead atoms. The van der Waals surface area contributed by atoms with Crippen LogP contribution in [0.25, 0.3) is 0 Å². The number of esters is 4. The number of hydrogen-bond acceptors (Lipinski definition) is 15. The quantitative estimate of drug-likeness (QED) is 0.0222. The Kier molecular flexibility index (Phi) is 53.0. The minimum atomic E-state index is -4.94. The first-order chi connectivity index (χ1) is 39.6. The third-order valence-electron chi connectivity index (χ3n) is 14.6. The predicted molar refractivity (Wildman–Crippen MR) is 331 cm³/mol. The highest BCUT2D eigenvalue weighted by atomic mass is 31.2. The third kappa shape index (κ3) is 58.8. The molecule has 0 aromatic carbocycles. The van der Waals surface area contributed by atoms with Crippen LogP contribution in [0.5, 0.6) is 0 Å². The Morgan fingerprint density at radius 3 is 0.747 bits per heavy atom. The molecule has 0 aromatic heterocycles. The van der Waals surface area contributed by atoms with E-state index in [1.54, 1.807) is 0 Å². The third-order valence-corrected chi connectivity index (χ3v) is 16.5. The summed E-state index contributed by atoms with van der Waals surface area (Å²) in [7, 11) is -9.89. The molecule has 0 aliphatic heterocycles. The topological polar surface area (TPSA) is 237 Å². The van der Waals surface area contributed by atoms with Crippen molar-refractivity contribution < 1.29 is 80.2 Å². The molecule has 0 aliphatic rings. The number of aliphatic hydroxyl groups is 1. The second-order valence-electron chi connectivity index (χ2n) is 25.1. The Hall–Kier alpha value is -1.94. The highest BCUT2D eigenvalue weighted by molar-refractivity contribution is 7.47. The van der Waals surface area contributed by atoms with Crippen LogP contribution in [0.4, 0.5) is 0 Å². The normalized spacial score (nSPS) is 14.4. The Balaban J connectivity index is 5.23. The molecule has 19 heteroatoms. The molecule has 0 fully saturated rings. The lowest BCUT2D eigenvalue weighted by Gasteiger charge is -2.21. The van der Waals surface area contributed by atoms with Gasteiger partial charge in [-0.05, 0) is 49.4 Å². The standard InChI is InChI=1S/C64H124O17P2/c1-54(2)40-32-24-16-11-9-10-12-19-28-36-44-61(66)74-50-59(80-63(68)46-38-30-21-15-18-26-34-42-56(5)6)52-78-82(70,71)76-48-58(65)49-77-83(72,73)79-53-60(81-64(69)47-39-31-23-22-27-35-43-57(7)8)51-75-62(67)45-37-29-20-14-13-17-25-33-41-55(3)4/h54-60,65H,9-53H2,1-8H3,(H,70,71)(H,72,73)/t58?,59-,60-/m1/s1. The maximum absolute atomic E-state index is 13.0. The lowest BCUT2D eigenvalue weighted by Crippen LogP contribution is -2.30.